The van der Waals surface area contributed by atoms with Crippen molar-refractivity contribution in [1.29, 1.82) is 0 Å². The van der Waals surface area contributed by atoms with Crippen LogP contribution in [0.25, 0.3) is 0 Å². The van der Waals surface area contributed by atoms with Crippen LogP contribution in [0.15, 0.2) is 30.3 Å². The largest absolute Gasteiger partial charge is 0.481 e. The summed E-state index contributed by atoms with van der Waals surface area (Å²) in [4.78, 5) is 11.3. The Morgan fingerprint density at radius 2 is 2.00 bits per heavy atom. The van der Waals surface area contributed by atoms with E-state index < -0.39 is 11.9 Å². The number of aromatic nitrogens is 4. The Labute approximate surface area is 123 Å². The molecule has 0 amide bonds. The van der Waals surface area contributed by atoms with Gasteiger partial charge in [0, 0.05) is 6.42 Å². The topological polar surface area (TPSA) is 80.9 Å². The molecule has 1 N–H and O–H groups in total. The fraction of sp³-hybridized carbons (Fsp3) is 0.467. The lowest BCUT2D eigenvalue weighted by molar-refractivity contribution is -0.142. The van der Waals surface area contributed by atoms with Crippen LogP contribution >= 0.6 is 0 Å². The van der Waals surface area contributed by atoms with E-state index in [1.165, 1.54) is 0 Å². The van der Waals surface area contributed by atoms with E-state index in [0.29, 0.717) is 31.1 Å². The van der Waals surface area contributed by atoms with Gasteiger partial charge in [0.05, 0.1) is 12.5 Å². The van der Waals surface area contributed by atoms with Crippen LogP contribution in [-0.4, -0.2) is 31.3 Å². The maximum absolute atomic E-state index is 11.3. The van der Waals surface area contributed by atoms with Crippen LogP contribution in [0.1, 0.15) is 31.7 Å². The summed E-state index contributed by atoms with van der Waals surface area (Å²) in [6.07, 6.45) is 1.21. The fourth-order valence-electron chi connectivity index (χ4n) is 2.30. The molecular formula is C15H20N4O2. The molecule has 1 unspecified atom stereocenters. The summed E-state index contributed by atoms with van der Waals surface area (Å²) in [5.74, 6) is -0.260. The van der Waals surface area contributed by atoms with Crippen molar-refractivity contribution in [3.63, 3.8) is 0 Å². The van der Waals surface area contributed by atoms with E-state index in [1.807, 2.05) is 44.2 Å². The van der Waals surface area contributed by atoms with Crippen molar-refractivity contribution in [2.75, 3.05) is 0 Å². The fourth-order valence-corrected chi connectivity index (χ4v) is 2.30. The number of aliphatic carboxylic acids is 1. The van der Waals surface area contributed by atoms with Crippen molar-refractivity contribution in [3.05, 3.63) is 41.7 Å². The maximum atomic E-state index is 11.3. The summed E-state index contributed by atoms with van der Waals surface area (Å²) >= 11 is 0. The van der Waals surface area contributed by atoms with Gasteiger partial charge in [-0.15, -0.1) is 5.10 Å². The average molecular weight is 288 g/mol. The Balaban J connectivity index is 2.10. The number of tetrazole rings is 1. The molecule has 112 valence electrons. The van der Waals surface area contributed by atoms with Gasteiger partial charge in [0.25, 0.3) is 0 Å². The van der Waals surface area contributed by atoms with Crippen molar-refractivity contribution >= 4 is 5.97 Å². The Kier molecular flexibility index (Phi) is 5.03. The molecule has 0 fully saturated rings. The molecule has 6 heteroatoms. The Hall–Kier alpha value is -2.24. The third kappa shape index (κ3) is 4.37. The average Bonchev–Trinajstić information content (AvgIpc) is 2.86. The van der Waals surface area contributed by atoms with Crippen LogP contribution in [0.3, 0.4) is 0 Å². The van der Waals surface area contributed by atoms with E-state index in [1.54, 1.807) is 4.68 Å². The maximum Gasteiger partial charge on any atom is 0.308 e. The van der Waals surface area contributed by atoms with Gasteiger partial charge in [0.15, 0.2) is 5.82 Å². The van der Waals surface area contributed by atoms with Crippen LogP contribution < -0.4 is 0 Å². The molecule has 1 heterocycles. The standard InChI is InChI=1S/C15H20N4O2/c1-11(2)8-13(15(20)21)10-19-14(16-17-18-19)9-12-6-4-3-5-7-12/h3-7,11,13H,8-10H2,1-2H3,(H,20,21). The number of nitrogens with zero attached hydrogens (tertiary/aromatic N) is 4. The quantitative estimate of drug-likeness (QED) is 0.843. The van der Waals surface area contributed by atoms with Crippen LogP contribution in [0.4, 0.5) is 0 Å². The summed E-state index contributed by atoms with van der Waals surface area (Å²) in [5, 5.41) is 20.9. The van der Waals surface area contributed by atoms with Crippen LogP contribution in [0.2, 0.25) is 0 Å². The monoisotopic (exact) mass is 288 g/mol. The molecule has 2 aromatic rings. The van der Waals surface area contributed by atoms with Gasteiger partial charge < -0.3 is 5.11 Å². The first-order valence-electron chi connectivity index (χ1n) is 7.08. The minimum Gasteiger partial charge on any atom is -0.481 e. The molecule has 1 aromatic carbocycles. The molecule has 0 aliphatic heterocycles. The normalized spacial score (nSPS) is 12.5. The summed E-state index contributed by atoms with van der Waals surface area (Å²) < 4.78 is 1.61. The molecule has 0 aliphatic rings. The predicted molar refractivity (Wildman–Crippen MR) is 77.6 cm³/mol. The predicted octanol–water partition coefficient (Wildman–Crippen LogP) is 2.01. The zero-order valence-corrected chi connectivity index (χ0v) is 12.3. The van der Waals surface area contributed by atoms with Gasteiger partial charge >= 0.3 is 5.97 Å². The first-order chi connectivity index (χ1) is 10.1. The van der Waals surface area contributed by atoms with Gasteiger partial charge in [-0.25, -0.2) is 4.68 Å². The van der Waals surface area contributed by atoms with Crippen LogP contribution in [0.5, 0.6) is 0 Å². The van der Waals surface area contributed by atoms with Gasteiger partial charge in [-0.3, -0.25) is 4.79 Å². The SMILES string of the molecule is CC(C)CC(Cn1nnnc1Cc1ccccc1)C(=O)O. The Morgan fingerprint density at radius 3 is 2.62 bits per heavy atom. The highest BCUT2D eigenvalue weighted by Gasteiger charge is 2.21. The number of carboxylic acids is 1. The summed E-state index contributed by atoms with van der Waals surface area (Å²) in [5.41, 5.74) is 1.10. The molecule has 1 aromatic heterocycles. The number of carbonyl (C=O) groups is 1. The Morgan fingerprint density at radius 1 is 1.29 bits per heavy atom. The zero-order chi connectivity index (χ0) is 15.2. The molecular weight excluding hydrogens is 268 g/mol. The highest BCUT2D eigenvalue weighted by molar-refractivity contribution is 5.69. The third-order valence-corrected chi connectivity index (χ3v) is 3.31. The van der Waals surface area contributed by atoms with Crippen molar-refractivity contribution in [3.8, 4) is 0 Å². The number of hydrogen-bond donors (Lipinski definition) is 1. The van der Waals surface area contributed by atoms with Gasteiger partial charge in [-0.1, -0.05) is 44.2 Å². The lowest BCUT2D eigenvalue weighted by Crippen LogP contribution is -2.23. The van der Waals surface area contributed by atoms with Crippen molar-refractivity contribution < 1.29 is 9.90 Å². The lowest BCUT2D eigenvalue weighted by Gasteiger charge is -2.15. The van der Waals surface area contributed by atoms with Crippen LogP contribution in [-0.2, 0) is 17.8 Å². The molecule has 0 spiro atoms. The molecule has 0 aliphatic carbocycles. The number of rotatable bonds is 7. The smallest absolute Gasteiger partial charge is 0.308 e. The number of benzene rings is 1. The van der Waals surface area contributed by atoms with Crippen molar-refractivity contribution in [2.24, 2.45) is 11.8 Å². The van der Waals surface area contributed by atoms with Crippen molar-refractivity contribution in [2.45, 2.75) is 33.2 Å². The second kappa shape index (κ2) is 6.97. The van der Waals surface area contributed by atoms with E-state index in [9.17, 15) is 9.90 Å². The second-order valence-corrected chi connectivity index (χ2v) is 5.60. The summed E-state index contributed by atoms with van der Waals surface area (Å²) in [7, 11) is 0. The van der Waals surface area contributed by atoms with Crippen LogP contribution in [0, 0.1) is 11.8 Å². The van der Waals surface area contributed by atoms with Gasteiger partial charge in [-0.05, 0) is 28.3 Å². The van der Waals surface area contributed by atoms with E-state index in [0.717, 1.165) is 5.56 Å². The molecule has 6 nitrogen and oxygen atoms in total. The van der Waals surface area contributed by atoms with E-state index in [2.05, 4.69) is 15.5 Å². The Bertz CT molecular complexity index is 580. The summed E-state index contributed by atoms with van der Waals surface area (Å²) in [6, 6.07) is 9.88. The molecule has 21 heavy (non-hydrogen) atoms. The second-order valence-electron chi connectivity index (χ2n) is 5.60. The zero-order valence-electron chi connectivity index (χ0n) is 12.3. The minimum atomic E-state index is -0.801. The minimum absolute atomic E-state index is 0.308. The molecule has 0 saturated carbocycles. The molecule has 1 atom stereocenters. The van der Waals surface area contributed by atoms with Gasteiger partial charge in [0.1, 0.15) is 0 Å². The first kappa shape index (κ1) is 15.2. The third-order valence-electron chi connectivity index (χ3n) is 3.31. The molecule has 2 rings (SSSR count). The summed E-state index contributed by atoms with van der Waals surface area (Å²) in [6.45, 7) is 4.34. The van der Waals surface area contributed by atoms with Crippen molar-refractivity contribution in [1.82, 2.24) is 20.2 Å². The molecule has 0 radical (unpaired) electrons. The number of carboxylic acid groups (broad SMARTS) is 1. The molecule has 0 saturated heterocycles. The molecule has 0 bridgehead atoms. The van der Waals surface area contributed by atoms with E-state index >= 15 is 0 Å². The van der Waals surface area contributed by atoms with Gasteiger partial charge in [0.2, 0.25) is 0 Å². The number of hydrogen-bond acceptors (Lipinski definition) is 4. The van der Waals surface area contributed by atoms with Gasteiger partial charge in [-0.2, -0.15) is 0 Å². The van der Waals surface area contributed by atoms with E-state index in [4.69, 9.17) is 0 Å². The highest BCUT2D eigenvalue weighted by Crippen LogP contribution is 2.15. The first-order valence-corrected chi connectivity index (χ1v) is 7.08. The highest BCUT2D eigenvalue weighted by atomic mass is 16.4. The van der Waals surface area contributed by atoms with E-state index in [-0.39, 0.29) is 0 Å². The lowest BCUT2D eigenvalue weighted by atomic mass is 9.97.